The summed E-state index contributed by atoms with van der Waals surface area (Å²) in [7, 11) is 0. The molecule has 2 rings (SSSR count). The molecule has 2 unspecified atom stereocenters. The van der Waals surface area contributed by atoms with Crippen LogP contribution in [0, 0.1) is 5.92 Å². The third-order valence-corrected chi connectivity index (χ3v) is 5.56. The van der Waals surface area contributed by atoms with Gasteiger partial charge in [-0.05, 0) is 25.8 Å². The molecule has 100 valence electrons. The Labute approximate surface area is 110 Å². The fraction of sp³-hybridized carbons (Fsp3) is 1.00. The van der Waals surface area contributed by atoms with Gasteiger partial charge in [-0.2, -0.15) is 11.8 Å². The Bertz CT molecular complexity index is 200. The van der Waals surface area contributed by atoms with E-state index in [9.17, 15) is 0 Å². The zero-order valence-electron chi connectivity index (χ0n) is 11.1. The molecular weight excluding hydrogens is 230 g/mol. The number of rotatable bonds is 6. The summed E-state index contributed by atoms with van der Waals surface area (Å²) in [5.74, 6) is 2.04. The molecule has 2 aliphatic rings. The van der Waals surface area contributed by atoms with Gasteiger partial charge in [-0.25, -0.2) is 0 Å². The maximum Gasteiger partial charge on any atom is 0.0510 e. The maximum absolute atomic E-state index is 5.53. The van der Waals surface area contributed by atoms with Crippen molar-refractivity contribution in [1.82, 2.24) is 5.32 Å². The lowest BCUT2D eigenvalue weighted by Crippen LogP contribution is -2.39. The van der Waals surface area contributed by atoms with E-state index < -0.39 is 0 Å². The number of hydrogen-bond acceptors (Lipinski definition) is 3. The van der Waals surface area contributed by atoms with E-state index in [0.29, 0.717) is 6.04 Å². The summed E-state index contributed by atoms with van der Waals surface area (Å²) in [5, 5.41) is 4.60. The van der Waals surface area contributed by atoms with Crippen LogP contribution in [0.5, 0.6) is 0 Å². The van der Waals surface area contributed by atoms with E-state index in [1.165, 1.54) is 44.3 Å². The molecule has 2 nitrogen and oxygen atoms in total. The zero-order valence-corrected chi connectivity index (χ0v) is 11.9. The van der Waals surface area contributed by atoms with Crippen LogP contribution in [-0.2, 0) is 4.74 Å². The van der Waals surface area contributed by atoms with Crippen molar-refractivity contribution < 1.29 is 4.74 Å². The van der Waals surface area contributed by atoms with Crippen LogP contribution >= 0.6 is 11.8 Å². The summed E-state index contributed by atoms with van der Waals surface area (Å²) in [6, 6.07) is 0.675. The normalized spacial score (nSPS) is 28.4. The molecular formula is C14H27NOS. The third kappa shape index (κ3) is 4.46. The third-order valence-electron chi connectivity index (χ3n) is 4.06. The molecule has 1 saturated carbocycles. The van der Waals surface area contributed by atoms with Crippen LogP contribution in [0.4, 0.5) is 0 Å². The topological polar surface area (TPSA) is 21.3 Å². The highest BCUT2D eigenvalue weighted by Gasteiger charge is 2.26. The maximum atomic E-state index is 5.53. The van der Waals surface area contributed by atoms with Crippen molar-refractivity contribution >= 4 is 11.8 Å². The first kappa shape index (κ1) is 13.7. The summed E-state index contributed by atoms with van der Waals surface area (Å²) >= 11 is 2.21. The highest BCUT2D eigenvalue weighted by Crippen LogP contribution is 2.30. The van der Waals surface area contributed by atoms with E-state index in [-0.39, 0.29) is 0 Å². The summed E-state index contributed by atoms with van der Waals surface area (Å²) in [6.45, 7) is 5.25. The van der Waals surface area contributed by atoms with E-state index in [4.69, 9.17) is 4.74 Å². The molecule has 1 aliphatic heterocycles. The molecule has 0 aromatic heterocycles. The molecule has 1 aliphatic carbocycles. The Balaban J connectivity index is 1.72. The van der Waals surface area contributed by atoms with E-state index in [2.05, 4.69) is 24.0 Å². The predicted molar refractivity (Wildman–Crippen MR) is 75.7 cm³/mol. The molecule has 17 heavy (non-hydrogen) atoms. The lowest BCUT2D eigenvalue weighted by atomic mass is 10.0. The largest absolute Gasteiger partial charge is 0.381 e. The van der Waals surface area contributed by atoms with Crippen LogP contribution in [0.2, 0.25) is 0 Å². The van der Waals surface area contributed by atoms with E-state index in [1.54, 1.807) is 0 Å². The minimum Gasteiger partial charge on any atom is -0.381 e. The van der Waals surface area contributed by atoms with Crippen LogP contribution in [0.25, 0.3) is 0 Å². The van der Waals surface area contributed by atoms with Crippen molar-refractivity contribution in [2.75, 3.05) is 25.5 Å². The van der Waals surface area contributed by atoms with Crippen molar-refractivity contribution in [2.45, 2.75) is 56.7 Å². The Morgan fingerprint density at radius 3 is 2.71 bits per heavy atom. The van der Waals surface area contributed by atoms with Crippen molar-refractivity contribution in [3.05, 3.63) is 0 Å². The Morgan fingerprint density at radius 2 is 2.06 bits per heavy atom. The van der Waals surface area contributed by atoms with Gasteiger partial charge in [0.25, 0.3) is 0 Å². The second-order valence-corrected chi connectivity index (χ2v) is 6.71. The first-order valence-corrected chi connectivity index (χ1v) is 8.37. The lowest BCUT2D eigenvalue weighted by Gasteiger charge is -2.27. The molecule has 0 radical (unpaired) electrons. The van der Waals surface area contributed by atoms with Gasteiger partial charge in [0.1, 0.15) is 0 Å². The molecule has 0 aromatic carbocycles. The molecule has 0 bridgehead atoms. The van der Waals surface area contributed by atoms with Gasteiger partial charge in [0.15, 0.2) is 0 Å². The number of ether oxygens (including phenoxy) is 1. The van der Waals surface area contributed by atoms with Crippen molar-refractivity contribution in [3.8, 4) is 0 Å². The Kier molecular flexibility index (Phi) is 6.16. The zero-order chi connectivity index (χ0) is 11.9. The van der Waals surface area contributed by atoms with Crippen molar-refractivity contribution in [1.29, 1.82) is 0 Å². The quantitative estimate of drug-likeness (QED) is 0.790. The molecule has 3 heteroatoms. The monoisotopic (exact) mass is 257 g/mol. The molecule has 0 spiro atoms. The van der Waals surface area contributed by atoms with E-state index >= 15 is 0 Å². The fourth-order valence-electron chi connectivity index (χ4n) is 2.97. The van der Waals surface area contributed by atoms with Gasteiger partial charge in [0.2, 0.25) is 0 Å². The summed E-state index contributed by atoms with van der Waals surface area (Å²) in [6.07, 6.45) is 8.52. The van der Waals surface area contributed by atoms with Gasteiger partial charge in [-0.15, -0.1) is 0 Å². The van der Waals surface area contributed by atoms with Crippen LogP contribution < -0.4 is 5.32 Å². The molecule has 2 fully saturated rings. The smallest absolute Gasteiger partial charge is 0.0510 e. The molecule has 0 amide bonds. The SMILES string of the molecule is CCNC(CSC1CCCCC1)C1CCOC1. The molecule has 1 saturated heterocycles. The average Bonchev–Trinajstić information content (AvgIpc) is 2.89. The van der Waals surface area contributed by atoms with Crippen LogP contribution in [0.1, 0.15) is 45.4 Å². The molecule has 1 heterocycles. The van der Waals surface area contributed by atoms with Gasteiger partial charge < -0.3 is 10.1 Å². The van der Waals surface area contributed by atoms with Gasteiger partial charge in [-0.1, -0.05) is 26.2 Å². The van der Waals surface area contributed by atoms with Crippen molar-refractivity contribution in [3.63, 3.8) is 0 Å². The molecule has 2 atom stereocenters. The average molecular weight is 257 g/mol. The van der Waals surface area contributed by atoms with Gasteiger partial charge in [-0.3, -0.25) is 0 Å². The van der Waals surface area contributed by atoms with Gasteiger partial charge >= 0.3 is 0 Å². The first-order chi connectivity index (χ1) is 8.40. The molecule has 1 N–H and O–H groups in total. The predicted octanol–water partition coefficient (Wildman–Crippen LogP) is 3.07. The first-order valence-electron chi connectivity index (χ1n) is 7.33. The van der Waals surface area contributed by atoms with Gasteiger partial charge in [0.05, 0.1) is 6.61 Å². The van der Waals surface area contributed by atoms with Crippen LogP contribution in [0.15, 0.2) is 0 Å². The number of thioether (sulfide) groups is 1. The van der Waals surface area contributed by atoms with E-state index in [1.807, 2.05) is 0 Å². The minimum absolute atomic E-state index is 0.675. The standard InChI is InChI=1S/C14H27NOS/c1-2-15-14(12-8-9-16-10-12)11-17-13-6-4-3-5-7-13/h12-15H,2-11H2,1H3. The summed E-state index contributed by atoms with van der Waals surface area (Å²) in [4.78, 5) is 0. The second kappa shape index (κ2) is 7.65. The fourth-order valence-corrected chi connectivity index (χ4v) is 4.50. The number of nitrogens with one attached hydrogen (secondary N) is 1. The van der Waals surface area contributed by atoms with E-state index in [0.717, 1.165) is 30.9 Å². The highest BCUT2D eigenvalue weighted by atomic mass is 32.2. The second-order valence-electron chi connectivity index (χ2n) is 5.38. The van der Waals surface area contributed by atoms with Crippen LogP contribution in [-0.4, -0.2) is 36.8 Å². The summed E-state index contributed by atoms with van der Waals surface area (Å²) in [5.41, 5.74) is 0. The Hall–Kier alpha value is 0.270. The number of hydrogen-bond donors (Lipinski definition) is 1. The van der Waals surface area contributed by atoms with Gasteiger partial charge in [0, 0.05) is 29.6 Å². The minimum atomic E-state index is 0.675. The highest BCUT2D eigenvalue weighted by molar-refractivity contribution is 7.99. The lowest BCUT2D eigenvalue weighted by molar-refractivity contribution is 0.179. The van der Waals surface area contributed by atoms with Crippen molar-refractivity contribution in [2.24, 2.45) is 5.92 Å². The molecule has 0 aromatic rings. The summed E-state index contributed by atoms with van der Waals surface area (Å²) < 4.78 is 5.53. The Morgan fingerprint density at radius 1 is 1.24 bits per heavy atom. The van der Waals surface area contributed by atoms with Crippen LogP contribution in [0.3, 0.4) is 0 Å².